The smallest absolute Gasteiger partial charge is 0.241 e. The molecule has 0 radical (unpaired) electrons. The lowest BCUT2D eigenvalue weighted by Gasteiger charge is -2.14. The van der Waals surface area contributed by atoms with Crippen molar-refractivity contribution in [1.82, 2.24) is 10.2 Å². The van der Waals surface area contributed by atoms with E-state index in [0.29, 0.717) is 11.9 Å². The molecule has 1 heterocycles. The summed E-state index contributed by atoms with van der Waals surface area (Å²) >= 11 is 0. The Morgan fingerprint density at radius 2 is 2.31 bits per heavy atom. The zero-order valence-corrected chi connectivity index (χ0v) is 8.42. The average Bonchev–Trinajstić information content (AvgIpc) is 2.70. The highest BCUT2D eigenvalue weighted by molar-refractivity contribution is 5.84. The van der Waals surface area contributed by atoms with Crippen molar-refractivity contribution in [3.8, 4) is 0 Å². The molecule has 1 saturated heterocycles. The standard InChI is InChI=1S/C10H18N2O/c1-3-4-8-10(13)12(6-11-8)9-5-7(9)2/h7-9,11H,3-6H2,1-2H3. The molecule has 3 heteroatoms. The molecule has 13 heavy (non-hydrogen) atoms. The summed E-state index contributed by atoms with van der Waals surface area (Å²) < 4.78 is 0. The van der Waals surface area contributed by atoms with Gasteiger partial charge in [-0.3, -0.25) is 10.1 Å². The molecule has 1 amide bonds. The topological polar surface area (TPSA) is 32.3 Å². The normalized spacial score (nSPS) is 38.5. The van der Waals surface area contributed by atoms with Gasteiger partial charge in [0.25, 0.3) is 0 Å². The van der Waals surface area contributed by atoms with Gasteiger partial charge in [-0.05, 0) is 18.8 Å². The second-order valence-electron chi connectivity index (χ2n) is 4.29. The van der Waals surface area contributed by atoms with Crippen LogP contribution in [-0.4, -0.2) is 29.6 Å². The van der Waals surface area contributed by atoms with Gasteiger partial charge >= 0.3 is 0 Å². The van der Waals surface area contributed by atoms with Crippen LogP contribution in [0.3, 0.4) is 0 Å². The fraction of sp³-hybridized carbons (Fsp3) is 0.900. The number of carbonyl (C=O) groups excluding carboxylic acids is 1. The van der Waals surface area contributed by atoms with Gasteiger partial charge in [0.05, 0.1) is 12.7 Å². The number of nitrogens with zero attached hydrogens (tertiary/aromatic N) is 1. The highest BCUT2D eigenvalue weighted by Gasteiger charge is 2.44. The van der Waals surface area contributed by atoms with Crippen molar-refractivity contribution in [2.45, 2.75) is 45.2 Å². The molecule has 1 aliphatic carbocycles. The number of hydrogen-bond donors (Lipinski definition) is 1. The van der Waals surface area contributed by atoms with E-state index in [0.717, 1.165) is 25.4 Å². The molecule has 0 aromatic heterocycles. The molecule has 3 unspecified atom stereocenters. The lowest BCUT2D eigenvalue weighted by Crippen LogP contribution is -2.32. The van der Waals surface area contributed by atoms with E-state index in [1.807, 2.05) is 4.90 Å². The summed E-state index contributed by atoms with van der Waals surface area (Å²) in [5, 5.41) is 3.28. The van der Waals surface area contributed by atoms with E-state index in [2.05, 4.69) is 19.2 Å². The van der Waals surface area contributed by atoms with E-state index in [4.69, 9.17) is 0 Å². The van der Waals surface area contributed by atoms with Crippen molar-refractivity contribution in [1.29, 1.82) is 0 Å². The third-order valence-corrected chi connectivity index (χ3v) is 3.13. The molecule has 0 bridgehead atoms. The lowest BCUT2D eigenvalue weighted by atomic mass is 10.2. The first kappa shape index (κ1) is 9.00. The molecule has 1 saturated carbocycles. The van der Waals surface area contributed by atoms with Crippen LogP contribution >= 0.6 is 0 Å². The van der Waals surface area contributed by atoms with Gasteiger partial charge < -0.3 is 4.90 Å². The minimum atomic E-state index is 0.109. The van der Waals surface area contributed by atoms with Gasteiger partial charge in [0.2, 0.25) is 5.91 Å². The summed E-state index contributed by atoms with van der Waals surface area (Å²) in [5.74, 6) is 1.06. The van der Waals surface area contributed by atoms with E-state index in [9.17, 15) is 4.79 Å². The molecular weight excluding hydrogens is 164 g/mol. The molecule has 0 aromatic rings. The van der Waals surface area contributed by atoms with Crippen molar-refractivity contribution in [2.75, 3.05) is 6.67 Å². The Kier molecular flexibility index (Phi) is 2.28. The Morgan fingerprint density at radius 1 is 1.62 bits per heavy atom. The summed E-state index contributed by atoms with van der Waals surface area (Å²) in [6, 6.07) is 0.652. The SMILES string of the molecule is CCCC1NCN(C2CC2C)C1=O. The Balaban J connectivity index is 1.91. The van der Waals surface area contributed by atoms with Gasteiger partial charge in [-0.1, -0.05) is 20.3 Å². The zero-order valence-electron chi connectivity index (χ0n) is 8.42. The van der Waals surface area contributed by atoms with Crippen LogP contribution in [0.15, 0.2) is 0 Å². The molecule has 1 aliphatic heterocycles. The molecule has 0 spiro atoms. The van der Waals surface area contributed by atoms with Gasteiger partial charge in [-0.15, -0.1) is 0 Å². The van der Waals surface area contributed by atoms with Crippen molar-refractivity contribution < 1.29 is 4.79 Å². The van der Waals surface area contributed by atoms with Gasteiger partial charge in [0.1, 0.15) is 0 Å². The predicted molar refractivity (Wildman–Crippen MR) is 51.1 cm³/mol. The number of nitrogens with one attached hydrogen (secondary N) is 1. The van der Waals surface area contributed by atoms with Crippen molar-refractivity contribution in [2.24, 2.45) is 5.92 Å². The monoisotopic (exact) mass is 182 g/mol. The number of hydrogen-bond acceptors (Lipinski definition) is 2. The summed E-state index contributed by atoms with van der Waals surface area (Å²) in [6.07, 6.45) is 3.26. The largest absolute Gasteiger partial charge is 0.325 e. The maximum atomic E-state index is 11.8. The summed E-state index contributed by atoms with van der Waals surface area (Å²) in [6.45, 7) is 5.11. The molecule has 3 nitrogen and oxygen atoms in total. The molecule has 1 N–H and O–H groups in total. The van der Waals surface area contributed by atoms with Gasteiger partial charge in [-0.25, -0.2) is 0 Å². The maximum absolute atomic E-state index is 11.8. The predicted octanol–water partition coefficient (Wildman–Crippen LogP) is 0.953. The van der Waals surface area contributed by atoms with Crippen LogP contribution in [0.1, 0.15) is 33.1 Å². The summed E-state index contributed by atoms with van der Waals surface area (Å²) in [5.41, 5.74) is 0. The van der Waals surface area contributed by atoms with E-state index in [-0.39, 0.29) is 6.04 Å². The Hall–Kier alpha value is -0.570. The molecule has 2 aliphatic rings. The summed E-state index contributed by atoms with van der Waals surface area (Å²) in [4.78, 5) is 13.8. The van der Waals surface area contributed by atoms with Crippen LogP contribution in [0.5, 0.6) is 0 Å². The highest BCUT2D eigenvalue weighted by atomic mass is 16.2. The second kappa shape index (κ2) is 3.29. The van der Waals surface area contributed by atoms with Crippen LogP contribution in [0.4, 0.5) is 0 Å². The van der Waals surface area contributed by atoms with E-state index >= 15 is 0 Å². The van der Waals surface area contributed by atoms with Crippen molar-refractivity contribution in [3.05, 3.63) is 0 Å². The first-order valence-electron chi connectivity index (χ1n) is 5.28. The molecular formula is C10H18N2O. The highest BCUT2D eigenvalue weighted by Crippen LogP contribution is 2.36. The minimum Gasteiger partial charge on any atom is -0.325 e. The van der Waals surface area contributed by atoms with Crippen LogP contribution in [0.2, 0.25) is 0 Å². The van der Waals surface area contributed by atoms with Crippen molar-refractivity contribution in [3.63, 3.8) is 0 Å². The van der Waals surface area contributed by atoms with Gasteiger partial charge in [-0.2, -0.15) is 0 Å². The molecule has 2 rings (SSSR count). The lowest BCUT2D eigenvalue weighted by molar-refractivity contribution is -0.129. The number of carbonyl (C=O) groups is 1. The molecule has 3 atom stereocenters. The Labute approximate surface area is 79.5 Å². The third kappa shape index (κ3) is 1.57. The number of rotatable bonds is 3. The van der Waals surface area contributed by atoms with E-state index in [1.165, 1.54) is 6.42 Å². The fourth-order valence-electron chi connectivity index (χ4n) is 2.11. The minimum absolute atomic E-state index is 0.109. The number of amides is 1. The van der Waals surface area contributed by atoms with Gasteiger partial charge in [0.15, 0.2) is 0 Å². The Bertz CT molecular complexity index is 217. The van der Waals surface area contributed by atoms with Crippen LogP contribution < -0.4 is 5.32 Å². The van der Waals surface area contributed by atoms with Crippen molar-refractivity contribution >= 4 is 5.91 Å². The quantitative estimate of drug-likeness (QED) is 0.705. The first-order chi connectivity index (χ1) is 6.24. The van der Waals surface area contributed by atoms with Crippen LogP contribution in [-0.2, 0) is 4.79 Å². The first-order valence-corrected chi connectivity index (χ1v) is 5.28. The fourth-order valence-corrected chi connectivity index (χ4v) is 2.11. The zero-order chi connectivity index (χ0) is 9.42. The summed E-state index contributed by atoms with van der Waals surface area (Å²) in [7, 11) is 0. The average molecular weight is 182 g/mol. The van der Waals surface area contributed by atoms with Gasteiger partial charge in [0, 0.05) is 6.04 Å². The molecule has 74 valence electrons. The van der Waals surface area contributed by atoms with Crippen LogP contribution in [0, 0.1) is 5.92 Å². The molecule has 0 aromatic carbocycles. The maximum Gasteiger partial charge on any atom is 0.241 e. The second-order valence-corrected chi connectivity index (χ2v) is 4.29. The Morgan fingerprint density at radius 3 is 2.85 bits per heavy atom. The van der Waals surface area contributed by atoms with E-state index in [1.54, 1.807) is 0 Å². The molecule has 2 fully saturated rings. The van der Waals surface area contributed by atoms with E-state index < -0.39 is 0 Å². The van der Waals surface area contributed by atoms with Crippen LogP contribution in [0.25, 0.3) is 0 Å². The third-order valence-electron chi connectivity index (χ3n) is 3.13.